The molecule has 1 atom stereocenters. The Hall–Kier alpha value is -3.71. The van der Waals surface area contributed by atoms with Gasteiger partial charge in [0.05, 0.1) is 35.4 Å². The molecule has 0 aromatic heterocycles. The Morgan fingerprint density at radius 1 is 1.16 bits per heavy atom. The summed E-state index contributed by atoms with van der Waals surface area (Å²) in [6.07, 6.45) is -2.42. The van der Waals surface area contributed by atoms with Gasteiger partial charge in [0, 0.05) is 17.3 Å². The molecular weight excluding hydrogens is 503 g/mol. The maximum absolute atomic E-state index is 13.7. The van der Waals surface area contributed by atoms with Gasteiger partial charge in [0.1, 0.15) is 0 Å². The van der Waals surface area contributed by atoms with Gasteiger partial charge in [0.2, 0.25) is 5.91 Å². The van der Waals surface area contributed by atoms with Crippen molar-refractivity contribution >= 4 is 34.9 Å². The summed E-state index contributed by atoms with van der Waals surface area (Å²) in [5.41, 5.74) is 0.455. The number of amides is 1. The number of alkyl halides is 3. The van der Waals surface area contributed by atoms with Crippen LogP contribution in [0.15, 0.2) is 59.8 Å². The fourth-order valence-electron chi connectivity index (χ4n) is 4.53. The lowest BCUT2D eigenvalue weighted by Crippen LogP contribution is -2.55. The maximum atomic E-state index is 13.7. The first kappa shape index (κ1) is 26.4. The quantitative estimate of drug-likeness (QED) is 0.357. The number of esters is 1. The van der Waals surface area contributed by atoms with Crippen LogP contribution < -0.4 is 4.90 Å². The number of halogens is 3. The normalized spacial score (nSPS) is 18.4. The first-order valence-corrected chi connectivity index (χ1v) is 12.2. The SMILES string of the molecule is CCOC(=O)C1=C(C)N(c2cccc(C(F)(F)F)c2)C(=S)N(C(=O)C2CCC2)C1c1ccc(C#N)cc1. The largest absolute Gasteiger partial charge is 0.463 e. The molecule has 0 radical (unpaired) electrons. The summed E-state index contributed by atoms with van der Waals surface area (Å²) < 4.78 is 45.9. The van der Waals surface area contributed by atoms with Crippen LogP contribution in [0.1, 0.15) is 55.8 Å². The molecule has 1 aliphatic heterocycles. The second-order valence-electron chi connectivity index (χ2n) is 8.86. The number of anilines is 1. The molecule has 10 heteroatoms. The third-order valence-corrected chi connectivity index (χ3v) is 7.01. The molecule has 2 aliphatic rings. The minimum absolute atomic E-state index is 0.0314. The first-order chi connectivity index (χ1) is 17.6. The van der Waals surface area contributed by atoms with E-state index in [2.05, 4.69) is 0 Å². The summed E-state index contributed by atoms with van der Waals surface area (Å²) in [4.78, 5) is 29.7. The molecule has 2 aromatic carbocycles. The number of thiocarbonyl (C=S) groups is 1. The summed E-state index contributed by atoms with van der Waals surface area (Å²) >= 11 is 5.75. The minimum Gasteiger partial charge on any atom is -0.463 e. The zero-order valence-corrected chi connectivity index (χ0v) is 21.0. The van der Waals surface area contributed by atoms with E-state index in [0.29, 0.717) is 24.0 Å². The second kappa shape index (κ2) is 10.3. The van der Waals surface area contributed by atoms with Crippen LogP contribution in [0.25, 0.3) is 0 Å². The number of carbonyl (C=O) groups is 2. The van der Waals surface area contributed by atoms with Crippen LogP contribution in [0.4, 0.5) is 18.9 Å². The summed E-state index contributed by atoms with van der Waals surface area (Å²) in [7, 11) is 0. The van der Waals surface area contributed by atoms with Gasteiger partial charge in [-0.3, -0.25) is 14.6 Å². The van der Waals surface area contributed by atoms with E-state index in [-0.39, 0.29) is 40.5 Å². The molecule has 0 saturated heterocycles. The Bertz CT molecular complexity index is 1310. The zero-order chi connectivity index (χ0) is 26.9. The molecule has 1 heterocycles. The Morgan fingerprint density at radius 3 is 2.38 bits per heavy atom. The summed E-state index contributed by atoms with van der Waals surface area (Å²) in [5.74, 6) is -1.33. The molecule has 6 nitrogen and oxygen atoms in total. The highest BCUT2D eigenvalue weighted by atomic mass is 32.1. The van der Waals surface area contributed by atoms with Crippen LogP contribution in [-0.4, -0.2) is 28.5 Å². The van der Waals surface area contributed by atoms with Crippen molar-refractivity contribution in [1.29, 1.82) is 5.26 Å². The van der Waals surface area contributed by atoms with Crippen LogP contribution in [0.3, 0.4) is 0 Å². The van der Waals surface area contributed by atoms with Crippen molar-refractivity contribution in [3.05, 3.63) is 76.5 Å². The maximum Gasteiger partial charge on any atom is 0.416 e. The summed E-state index contributed by atoms with van der Waals surface area (Å²) in [6.45, 7) is 3.26. The average Bonchev–Trinajstić information content (AvgIpc) is 2.82. The zero-order valence-electron chi connectivity index (χ0n) is 20.2. The van der Waals surface area contributed by atoms with Gasteiger partial charge in [-0.05, 0) is 74.8 Å². The van der Waals surface area contributed by atoms with Crippen LogP contribution >= 0.6 is 12.2 Å². The number of rotatable bonds is 5. The molecule has 1 fully saturated rings. The van der Waals surface area contributed by atoms with Gasteiger partial charge in [-0.15, -0.1) is 0 Å². The van der Waals surface area contributed by atoms with E-state index in [4.69, 9.17) is 17.0 Å². The fraction of sp³-hybridized carbons (Fsp3) is 0.333. The van der Waals surface area contributed by atoms with E-state index in [1.54, 1.807) is 38.1 Å². The standard InChI is InChI=1S/C27H24F3N3O3S/c1-3-36-25(35)22-16(2)32(21-9-5-8-20(14-21)27(28,29)30)26(37)33(24(34)19-6-4-7-19)23(22)18-12-10-17(15-31)11-13-18/h5,8-14,19,23H,3-4,6-7H2,1-2H3. The van der Waals surface area contributed by atoms with Gasteiger partial charge in [-0.25, -0.2) is 4.79 Å². The van der Waals surface area contributed by atoms with Gasteiger partial charge in [0.25, 0.3) is 0 Å². The van der Waals surface area contributed by atoms with Crippen LogP contribution in [0.2, 0.25) is 0 Å². The summed E-state index contributed by atoms with van der Waals surface area (Å²) in [6, 6.07) is 12.1. The highest BCUT2D eigenvalue weighted by Gasteiger charge is 2.46. The van der Waals surface area contributed by atoms with Gasteiger partial charge in [-0.2, -0.15) is 18.4 Å². The molecule has 2 aromatic rings. The topological polar surface area (TPSA) is 73.6 Å². The van der Waals surface area contributed by atoms with Crippen LogP contribution in [0, 0.1) is 17.2 Å². The van der Waals surface area contributed by atoms with Gasteiger partial charge in [-0.1, -0.05) is 24.6 Å². The number of benzene rings is 2. The van der Waals surface area contributed by atoms with Crippen molar-refractivity contribution in [2.45, 2.75) is 45.3 Å². The number of nitrogens with zero attached hydrogens (tertiary/aromatic N) is 3. The van der Waals surface area contributed by atoms with Gasteiger partial charge >= 0.3 is 12.1 Å². The molecule has 0 spiro atoms. The van der Waals surface area contributed by atoms with Crippen molar-refractivity contribution in [2.24, 2.45) is 5.92 Å². The van der Waals surface area contributed by atoms with E-state index >= 15 is 0 Å². The number of carbonyl (C=O) groups excluding carboxylic acids is 2. The Labute approximate surface area is 217 Å². The fourth-order valence-corrected chi connectivity index (χ4v) is 4.97. The van der Waals surface area contributed by atoms with Crippen molar-refractivity contribution in [3.63, 3.8) is 0 Å². The molecule has 192 valence electrons. The summed E-state index contributed by atoms with van der Waals surface area (Å²) in [5, 5.41) is 9.19. The highest BCUT2D eigenvalue weighted by molar-refractivity contribution is 7.80. The van der Waals surface area contributed by atoms with E-state index in [0.717, 1.165) is 18.6 Å². The lowest BCUT2D eigenvalue weighted by Gasteiger charge is -2.45. The second-order valence-corrected chi connectivity index (χ2v) is 9.22. The lowest BCUT2D eigenvalue weighted by atomic mass is 9.82. The van der Waals surface area contributed by atoms with E-state index in [1.165, 1.54) is 21.9 Å². The molecule has 1 unspecified atom stereocenters. The molecule has 0 N–H and O–H groups in total. The van der Waals surface area contributed by atoms with Crippen molar-refractivity contribution < 1.29 is 27.5 Å². The molecule has 1 amide bonds. The number of hydrogen-bond donors (Lipinski definition) is 0. The smallest absolute Gasteiger partial charge is 0.416 e. The van der Waals surface area contributed by atoms with Gasteiger partial charge < -0.3 is 4.74 Å². The number of nitriles is 1. The molecule has 4 rings (SSSR count). The van der Waals surface area contributed by atoms with Crippen LogP contribution in [-0.2, 0) is 20.5 Å². The third-order valence-electron chi connectivity index (χ3n) is 6.63. The Morgan fingerprint density at radius 2 is 1.84 bits per heavy atom. The van der Waals surface area contributed by atoms with E-state index < -0.39 is 23.8 Å². The number of hydrogen-bond acceptors (Lipinski definition) is 5. The number of ether oxygens (including phenoxy) is 1. The molecule has 1 saturated carbocycles. The lowest BCUT2D eigenvalue weighted by molar-refractivity contribution is -0.141. The predicted molar refractivity (Wildman–Crippen MR) is 134 cm³/mol. The molecule has 37 heavy (non-hydrogen) atoms. The Kier molecular flexibility index (Phi) is 7.37. The van der Waals surface area contributed by atoms with E-state index in [1.807, 2.05) is 6.07 Å². The van der Waals surface area contributed by atoms with Crippen molar-refractivity contribution in [3.8, 4) is 6.07 Å². The molecular formula is C27H24F3N3O3S. The highest BCUT2D eigenvalue weighted by Crippen LogP contribution is 2.43. The van der Waals surface area contributed by atoms with Crippen molar-refractivity contribution in [1.82, 2.24) is 4.90 Å². The molecule has 1 aliphatic carbocycles. The van der Waals surface area contributed by atoms with E-state index in [9.17, 15) is 28.0 Å². The third kappa shape index (κ3) is 4.96. The first-order valence-electron chi connectivity index (χ1n) is 11.8. The van der Waals surface area contributed by atoms with Crippen LogP contribution in [0.5, 0.6) is 0 Å². The molecule has 0 bridgehead atoms. The average molecular weight is 528 g/mol. The predicted octanol–water partition coefficient (Wildman–Crippen LogP) is 5.89. The number of allylic oxidation sites excluding steroid dienone is 1. The monoisotopic (exact) mass is 527 g/mol. The van der Waals surface area contributed by atoms with Gasteiger partial charge in [0.15, 0.2) is 5.11 Å². The van der Waals surface area contributed by atoms with Crippen molar-refractivity contribution in [2.75, 3.05) is 11.5 Å². The minimum atomic E-state index is -4.60. The Balaban J connectivity index is 1.95.